The predicted molar refractivity (Wildman–Crippen MR) is 130 cm³/mol. The standard InChI is InChI=1S/C25H27N7O2/c1-15(2)31-24(33)20-12-27-25(28-19-7-6-16-8-9-26-11-17(16)10-19)30-23(20)32(31)22-5-3-4-21(29-22)18-13-34-14-18/h3-7,10,12,15,18,26H,8-9,11,13-14H2,1-2H3,(H,27,28,30). The van der Waals surface area contributed by atoms with Crippen molar-refractivity contribution in [3.05, 3.63) is 69.8 Å². The molecule has 3 aromatic heterocycles. The molecule has 0 radical (unpaired) electrons. The van der Waals surface area contributed by atoms with Crippen molar-refractivity contribution in [2.24, 2.45) is 0 Å². The average molecular weight is 458 g/mol. The number of aromatic nitrogens is 5. The highest BCUT2D eigenvalue weighted by Crippen LogP contribution is 2.25. The summed E-state index contributed by atoms with van der Waals surface area (Å²) in [7, 11) is 0. The summed E-state index contributed by atoms with van der Waals surface area (Å²) in [6.07, 6.45) is 2.64. The first kappa shape index (κ1) is 21.0. The van der Waals surface area contributed by atoms with Crippen molar-refractivity contribution < 1.29 is 4.74 Å². The van der Waals surface area contributed by atoms with Gasteiger partial charge in [-0.2, -0.15) is 4.98 Å². The highest BCUT2D eigenvalue weighted by Gasteiger charge is 2.24. The fourth-order valence-corrected chi connectivity index (χ4v) is 4.62. The van der Waals surface area contributed by atoms with E-state index in [1.807, 2.05) is 36.7 Å². The molecule has 0 bridgehead atoms. The molecule has 6 rings (SSSR count). The van der Waals surface area contributed by atoms with Crippen molar-refractivity contribution in [3.8, 4) is 5.82 Å². The van der Waals surface area contributed by atoms with E-state index in [4.69, 9.17) is 14.7 Å². The van der Waals surface area contributed by atoms with Gasteiger partial charge in [0.1, 0.15) is 5.39 Å². The van der Waals surface area contributed by atoms with Gasteiger partial charge in [0.25, 0.3) is 5.56 Å². The molecule has 2 N–H and O–H groups in total. The first-order valence-corrected chi connectivity index (χ1v) is 11.7. The number of hydrogen-bond acceptors (Lipinski definition) is 7. The van der Waals surface area contributed by atoms with Gasteiger partial charge in [0.2, 0.25) is 5.95 Å². The zero-order valence-electron chi connectivity index (χ0n) is 19.3. The lowest BCUT2D eigenvalue weighted by Gasteiger charge is -2.25. The Morgan fingerprint density at radius 3 is 2.82 bits per heavy atom. The van der Waals surface area contributed by atoms with E-state index in [9.17, 15) is 4.79 Å². The summed E-state index contributed by atoms with van der Waals surface area (Å²) in [5.74, 6) is 1.38. The second-order valence-electron chi connectivity index (χ2n) is 9.18. The van der Waals surface area contributed by atoms with Gasteiger partial charge in [-0.3, -0.25) is 4.79 Å². The first-order chi connectivity index (χ1) is 16.6. The second kappa shape index (κ2) is 8.34. The van der Waals surface area contributed by atoms with Crippen LogP contribution < -0.4 is 16.2 Å². The largest absolute Gasteiger partial charge is 0.380 e. The second-order valence-corrected chi connectivity index (χ2v) is 9.18. The number of benzene rings is 1. The Balaban J connectivity index is 1.44. The van der Waals surface area contributed by atoms with Gasteiger partial charge in [0.15, 0.2) is 11.5 Å². The van der Waals surface area contributed by atoms with E-state index in [1.165, 1.54) is 11.1 Å². The summed E-state index contributed by atoms with van der Waals surface area (Å²) >= 11 is 0. The average Bonchev–Trinajstić information content (AvgIpc) is 3.10. The molecule has 0 atom stereocenters. The van der Waals surface area contributed by atoms with Gasteiger partial charge in [-0.1, -0.05) is 12.1 Å². The van der Waals surface area contributed by atoms with Gasteiger partial charge in [-0.05, 0) is 62.2 Å². The van der Waals surface area contributed by atoms with Crippen LogP contribution in [0.2, 0.25) is 0 Å². The van der Waals surface area contributed by atoms with Crippen LogP contribution in [-0.2, 0) is 17.7 Å². The number of nitrogens with zero attached hydrogens (tertiary/aromatic N) is 5. The molecule has 1 aromatic carbocycles. The fraction of sp³-hybridized carbons (Fsp3) is 0.360. The Bertz CT molecular complexity index is 1440. The predicted octanol–water partition coefficient (Wildman–Crippen LogP) is 3.06. The van der Waals surface area contributed by atoms with E-state index in [0.29, 0.717) is 36.0 Å². The Morgan fingerprint density at radius 2 is 2.03 bits per heavy atom. The smallest absolute Gasteiger partial charge is 0.278 e. The molecule has 0 spiro atoms. The summed E-state index contributed by atoms with van der Waals surface area (Å²) in [4.78, 5) is 27.4. The van der Waals surface area contributed by atoms with Gasteiger partial charge in [0, 0.05) is 30.4 Å². The van der Waals surface area contributed by atoms with E-state index < -0.39 is 0 Å². The van der Waals surface area contributed by atoms with E-state index in [1.54, 1.807) is 10.9 Å². The maximum atomic E-state index is 13.3. The van der Waals surface area contributed by atoms with Crippen molar-refractivity contribution in [2.45, 2.75) is 38.8 Å². The fourth-order valence-electron chi connectivity index (χ4n) is 4.62. The summed E-state index contributed by atoms with van der Waals surface area (Å²) in [6, 6.07) is 12.1. The first-order valence-electron chi connectivity index (χ1n) is 11.7. The van der Waals surface area contributed by atoms with Crippen LogP contribution in [0.3, 0.4) is 0 Å². The minimum absolute atomic E-state index is 0.0799. The quantitative estimate of drug-likeness (QED) is 0.475. The molecular formula is C25H27N7O2. The molecular weight excluding hydrogens is 430 g/mol. The summed E-state index contributed by atoms with van der Waals surface area (Å²) in [5.41, 5.74) is 4.93. The van der Waals surface area contributed by atoms with Crippen LogP contribution in [0, 0.1) is 0 Å². The monoisotopic (exact) mass is 457 g/mol. The molecule has 1 fully saturated rings. The lowest BCUT2D eigenvalue weighted by Crippen LogP contribution is -2.27. The third-order valence-electron chi connectivity index (χ3n) is 6.49. The number of hydrogen-bond donors (Lipinski definition) is 2. The molecule has 2 aliphatic heterocycles. The maximum Gasteiger partial charge on any atom is 0.278 e. The van der Waals surface area contributed by atoms with Crippen molar-refractivity contribution in [1.29, 1.82) is 0 Å². The van der Waals surface area contributed by atoms with Crippen LogP contribution in [0.15, 0.2) is 47.4 Å². The van der Waals surface area contributed by atoms with Gasteiger partial charge < -0.3 is 15.4 Å². The number of anilines is 2. The van der Waals surface area contributed by atoms with Crippen LogP contribution in [0.25, 0.3) is 16.9 Å². The highest BCUT2D eigenvalue weighted by molar-refractivity contribution is 5.77. The number of fused-ring (bicyclic) bond motifs is 2. The van der Waals surface area contributed by atoms with Crippen LogP contribution >= 0.6 is 0 Å². The Morgan fingerprint density at radius 1 is 1.15 bits per heavy atom. The molecule has 0 amide bonds. The van der Waals surface area contributed by atoms with E-state index in [0.717, 1.165) is 30.9 Å². The Kier molecular flexibility index (Phi) is 5.15. The zero-order valence-corrected chi connectivity index (χ0v) is 19.3. The van der Waals surface area contributed by atoms with Gasteiger partial charge in [-0.15, -0.1) is 0 Å². The molecule has 34 heavy (non-hydrogen) atoms. The van der Waals surface area contributed by atoms with Gasteiger partial charge in [0.05, 0.1) is 18.9 Å². The maximum absolute atomic E-state index is 13.3. The number of ether oxygens (including phenoxy) is 1. The molecule has 9 nitrogen and oxygen atoms in total. The molecule has 2 aliphatic rings. The zero-order chi connectivity index (χ0) is 23.2. The summed E-state index contributed by atoms with van der Waals surface area (Å²) in [6.45, 7) is 7.17. The van der Waals surface area contributed by atoms with Crippen molar-refractivity contribution in [2.75, 3.05) is 25.1 Å². The number of pyridine rings is 1. The lowest BCUT2D eigenvalue weighted by molar-refractivity contribution is 0.00670. The third-order valence-corrected chi connectivity index (χ3v) is 6.49. The number of rotatable bonds is 5. The van der Waals surface area contributed by atoms with Crippen molar-refractivity contribution >= 4 is 22.7 Å². The number of nitrogens with one attached hydrogen (secondary N) is 2. The Labute approximate surface area is 196 Å². The molecule has 0 saturated carbocycles. The highest BCUT2D eigenvalue weighted by atomic mass is 16.5. The third kappa shape index (κ3) is 3.57. The Hall–Kier alpha value is -3.56. The molecule has 1 saturated heterocycles. The van der Waals surface area contributed by atoms with E-state index in [-0.39, 0.29) is 17.5 Å². The van der Waals surface area contributed by atoms with Crippen LogP contribution in [0.4, 0.5) is 11.6 Å². The minimum atomic E-state index is -0.129. The summed E-state index contributed by atoms with van der Waals surface area (Å²) < 4.78 is 8.85. The minimum Gasteiger partial charge on any atom is -0.380 e. The SMILES string of the molecule is CC(C)n1c(=O)c2cnc(Nc3ccc4c(c3)CNCC4)nc2n1-c1cccc(C2COC2)n1. The molecule has 5 heterocycles. The molecule has 0 aliphatic carbocycles. The van der Waals surface area contributed by atoms with Crippen LogP contribution in [-0.4, -0.2) is 44.1 Å². The summed E-state index contributed by atoms with van der Waals surface area (Å²) in [5, 5.41) is 7.19. The van der Waals surface area contributed by atoms with Crippen LogP contribution in [0.5, 0.6) is 0 Å². The lowest BCUT2D eigenvalue weighted by atomic mass is 10.0. The molecule has 4 aromatic rings. The normalized spacial score (nSPS) is 16.0. The van der Waals surface area contributed by atoms with Gasteiger partial charge >= 0.3 is 0 Å². The van der Waals surface area contributed by atoms with E-state index in [2.05, 4.69) is 33.8 Å². The van der Waals surface area contributed by atoms with Crippen LogP contribution in [0.1, 0.15) is 42.6 Å². The van der Waals surface area contributed by atoms with E-state index >= 15 is 0 Å². The van der Waals surface area contributed by atoms with Crippen molar-refractivity contribution in [1.82, 2.24) is 29.6 Å². The molecule has 174 valence electrons. The molecule has 9 heteroatoms. The molecule has 0 unspecified atom stereocenters. The van der Waals surface area contributed by atoms with Crippen molar-refractivity contribution in [3.63, 3.8) is 0 Å². The van der Waals surface area contributed by atoms with Gasteiger partial charge in [-0.25, -0.2) is 19.3 Å². The topological polar surface area (TPSA) is 98.9 Å².